The van der Waals surface area contributed by atoms with Gasteiger partial charge in [-0.2, -0.15) is 13.2 Å². The number of likely N-dealkylation sites (tertiary alicyclic amines) is 3. The number of piperidine rings is 2. The third kappa shape index (κ3) is 6.16. The van der Waals surface area contributed by atoms with Crippen LogP contribution in [-0.2, 0) is 15.8 Å². The molecule has 3 aliphatic heterocycles. The number of benzene rings is 1. The number of rotatable bonds is 3. The molecule has 35 heavy (non-hydrogen) atoms. The first-order chi connectivity index (χ1) is 16.7. The van der Waals surface area contributed by atoms with Crippen molar-refractivity contribution in [3.8, 4) is 0 Å². The van der Waals surface area contributed by atoms with Crippen molar-refractivity contribution in [3.05, 3.63) is 35.4 Å². The summed E-state index contributed by atoms with van der Waals surface area (Å²) in [6.45, 7) is 3.69. The first-order valence-corrected chi connectivity index (χ1v) is 12.8. The smallest absolute Gasteiger partial charge is 0.342 e. The monoisotopic (exact) mass is 493 g/mol. The summed E-state index contributed by atoms with van der Waals surface area (Å²) in [5.74, 6) is -0.135. The van der Waals surface area contributed by atoms with Gasteiger partial charge in [-0.05, 0) is 62.8 Å². The number of alkyl halides is 3. The van der Waals surface area contributed by atoms with Crippen LogP contribution in [0.1, 0.15) is 67.3 Å². The lowest BCUT2D eigenvalue weighted by molar-refractivity contribution is -0.143. The van der Waals surface area contributed by atoms with E-state index in [4.69, 9.17) is 0 Å². The Hall–Kier alpha value is -2.58. The van der Waals surface area contributed by atoms with E-state index in [1.165, 1.54) is 25.0 Å². The molecule has 3 fully saturated rings. The van der Waals surface area contributed by atoms with Crippen LogP contribution in [0.3, 0.4) is 0 Å². The van der Waals surface area contributed by atoms with Crippen molar-refractivity contribution >= 4 is 17.7 Å². The molecule has 0 aliphatic carbocycles. The molecule has 192 valence electrons. The molecule has 3 saturated heterocycles. The normalized spacial score (nSPS) is 21.1. The van der Waals surface area contributed by atoms with Gasteiger partial charge >= 0.3 is 6.18 Å². The Labute approximate surface area is 204 Å². The van der Waals surface area contributed by atoms with Crippen LogP contribution in [0.25, 0.3) is 0 Å². The van der Waals surface area contributed by atoms with Crippen LogP contribution in [0, 0.1) is 11.8 Å². The maximum atomic E-state index is 13.1. The van der Waals surface area contributed by atoms with Gasteiger partial charge in [0.1, 0.15) is 0 Å². The molecule has 0 spiro atoms. The Bertz CT molecular complexity index is 895. The van der Waals surface area contributed by atoms with E-state index in [0.717, 1.165) is 38.1 Å². The predicted octanol–water partition coefficient (Wildman–Crippen LogP) is 4.20. The van der Waals surface area contributed by atoms with Crippen molar-refractivity contribution in [1.29, 1.82) is 0 Å². The summed E-state index contributed by atoms with van der Waals surface area (Å²) in [5.41, 5.74) is -0.561. The first-order valence-electron chi connectivity index (χ1n) is 12.8. The van der Waals surface area contributed by atoms with Crippen molar-refractivity contribution in [2.75, 3.05) is 39.3 Å². The predicted molar refractivity (Wildman–Crippen MR) is 124 cm³/mol. The molecular weight excluding hydrogens is 459 g/mol. The van der Waals surface area contributed by atoms with Crippen LogP contribution in [-0.4, -0.2) is 71.7 Å². The van der Waals surface area contributed by atoms with Crippen LogP contribution in [0.2, 0.25) is 0 Å². The molecule has 0 bridgehead atoms. The molecule has 9 heteroatoms. The summed E-state index contributed by atoms with van der Waals surface area (Å²) >= 11 is 0. The summed E-state index contributed by atoms with van der Waals surface area (Å²) in [4.78, 5) is 44.2. The molecule has 6 nitrogen and oxygen atoms in total. The summed E-state index contributed by atoms with van der Waals surface area (Å²) in [5, 5.41) is 0. The summed E-state index contributed by atoms with van der Waals surface area (Å²) in [6.07, 6.45) is 2.56. The van der Waals surface area contributed by atoms with Crippen molar-refractivity contribution in [1.82, 2.24) is 14.7 Å². The molecule has 0 N–H and O–H groups in total. The Morgan fingerprint density at radius 1 is 0.629 bits per heavy atom. The molecule has 0 saturated carbocycles. The quantitative estimate of drug-likeness (QED) is 0.634. The van der Waals surface area contributed by atoms with E-state index in [9.17, 15) is 27.6 Å². The van der Waals surface area contributed by atoms with Gasteiger partial charge < -0.3 is 14.7 Å². The Kier molecular flexibility index (Phi) is 8.02. The van der Waals surface area contributed by atoms with E-state index in [-0.39, 0.29) is 35.1 Å². The van der Waals surface area contributed by atoms with Crippen molar-refractivity contribution in [2.45, 2.75) is 57.5 Å². The van der Waals surface area contributed by atoms with Crippen LogP contribution in [0.5, 0.6) is 0 Å². The van der Waals surface area contributed by atoms with Crippen molar-refractivity contribution in [2.24, 2.45) is 11.8 Å². The van der Waals surface area contributed by atoms with E-state index in [2.05, 4.69) is 0 Å². The fourth-order valence-corrected chi connectivity index (χ4v) is 5.47. The van der Waals surface area contributed by atoms with Gasteiger partial charge in [-0.15, -0.1) is 0 Å². The van der Waals surface area contributed by atoms with Crippen LogP contribution < -0.4 is 0 Å². The van der Waals surface area contributed by atoms with Gasteiger partial charge in [-0.25, -0.2) is 0 Å². The lowest BCUT2D eigenvalue weighted by atomic mass is 9.91. The lowest BCUT2D eigenvalue weighted by Gasteiger charge is -2.38. The van der Waals surface area contributed by atoms with E-state index >= 15 is 0 Å². The highest BCUT2D eigenvalue weighted by Crippen LogP contribution is 2.30. The SMILES string of the molecule is O=C(c1ccc(C(F)(F)F)cc1)N1CCC(C(=O)N2CCC(C(=O)N3CCCCCC3)CC2)CC1. The minimum absolute atomic E-state index is 0.000327. The fraction of sp³-hybridized carbons (Fsp3) is 0.654. The minimum Gasteiger partial charge on any atom is -0.342 e. The Morgan fingerprint density at radius 3 is 1.51 bits per heavy atom. The fourth-order valence-electron chi connectivity index (χ4n) is 5.47. The highest BCUT2D eigenvalue weighted by molar-refractivity contribution is 5.94. The Balaban J connectivity index is 1.23. The van der Waals surface area contributed by atoms with Gasteiger partial charge in [-0.3, -0.25) is 14.4 Å². The second kappa shape index (κ2) is 11.0. The molecule has 0 aromatic heterocycles. The van der Waals surface area contributed by atoms with Gasteiger partial charge in [0.2, 0.25) is 11.8 Å². The summed E-state index contributed by atoms with van der Waals surface area (Å²) in [6, 6.07) is 4.26. The highest BCUT2D eigenvalue weighted by Gasteiger charge is 2.35. The van der Waals surface area contributed by atoms with Gasteiger partial charge in [0.25, 0.3) is 5.91 Å². The number of amides is 3. The van der Waals surface area contributed by atoms with Gasteiger partial charge in [0.15, 0.2) is 0 Å². The molecule has 0 radical (unpaired) electrons. The van der Waals surface area contributed by atoms with Gasteiger partial charge in [-0.1, -0.05) is 12.8 Å². The topological polar surface area (TPSA) is 60.9 Å². The largest absolute Gasteiger partial charge is 0.416 e. The van der Waals surface area contributed by atoms with Crippen LogP contribution in [0.4, 0.5) is 13.2 Å². The first kappa shape index (κ1) is 25.5. The summed E-state index contributed by atoms with van der Waals surface area (Å²) in [7, 11) is 0. The number of hydrogen-bond donors (Lipinski definition) is 0. The van der Waals surface area contributed by atoms with E-state index in [1.807, 2.05) is 9.80 Å². The van der Waals surface area contributed by atoms with E-state index in [0.29, 0.717) is 51.9 Å². The number of carbonyl (C=O) groups is 3. The average Bonchev–Trinajstić information content (AvgIpc) is 3.17. The number of carbonyl (C=O) groups excluding carboxylic acids is 3. The third-order valence-corrected chi connectivity index (χ3v) is 7.66. The average molecular weight is 494 g/mol. The van der Waals surface area contributed by atoms with E-state index in [1.54, 1.807) is 4.90 Å². The summed E-state index contributed by atoms with van der Waals surface area (Å²) < 4.78 is 38.3. The minimum atomic E-state index is -4.44. The highest BCUT2D eigenvalue weighted by atomic mass is 19.4. The lowest BCUT2D eigenvalue weighted by Crippen LogP contribution is -2.48. The van der Waals surface area contributed by atoms with Gasteiger partial charge in [0, 0.05) is 56.7 Å². The molecule has 3 amide bonds. The molecular formula is C26H34F3N3O3. The zero-order valence-corrected chi connectivity index (χ0v) is 20.1. The molecule has 1 aromatic rings. The van der Waals surface area contributed by atoms with Crippen molar-refractivity contribution < 1.29 is 27.6 Å². The maximum absolute atomic E-state index is 13.1. The van der Waals surface area contributed by atoms with Crippen LogP contribution in [0.15, 0.2) is 24.3 Å². The standard InChI is InChI=1S/C26H34F3N3O3/c27-26(28,29)22-7-5-19(6-8-22)23(33)31-15-11-21(12-16-31)25(35)32-17-9-20(10-18-32)24(34)30-13-3-1-2-4-14-30/h5-8,20-21H,1-4,9-18H2. The number of nitrogens with zero attached hydrogens (tertiary/aromatic N) is 3. The third-order valence-electron chi connectivity index (χ3n) is 7.66. The second-order valence-corrected chi connectivity index (χ2v) is 9.98. The van der Waals surface area contributed by atoms with Crippen LogP contribution >= 0.6 is 0 Å². The molecule has 3 aliphatic rings. The molecule has 0 unspecified atom stereocenters. The number of hydrogen-bond acceptors (Lipinski definition) is 3. The molecule has 4 rings (SSSR count). The number of halogens is 3. The van der Waals surface area contributed by atoms with Gasteiger partial charge in [0.05, 0.1) is 5.56 Å². The van der Waals surface area contributed by atoms with Crippen molar-refractivity contribution in [3.63, 3.8) is 0 Å². The zero-order chi connectivity index (χ0) is 25.0. The molecule has 1 aromatic carbocycles. The zero-order valence-electron chi connectivity index (χ0n) is 20.1. The maximum Gasteiger partial charge on any atom is 0.416 e. The molecule has 3 heterocycles. The van der Waals surface area contributed by atoms with E-state index < -0.39 is 11.7 Å². The molecule has 0 atom stereocenters. The Morgan fingerprint density at radius 2 is 1.06 bits per heavy atom. The second-order valence-electron chi connectivity index (χ2n) is 9.98.